The Morgan fingerprint density at radius 2 is 1.88 bits per heavy atom. The topological polar surface area (TPSA) is 98.7 Å². The van der Waals surface area contributed by atoms with Crippen molar-refractivity contribution in [3.05, 3.63) is 59.5 Å². The van der Waals surface area contributed by atoms with Gasteiger partial charge in [-0.2, -0.15) is 0 Å². The summed E-state index contributed by atoms with van der Waals surface area (Å²) in [5.41, 5.74) is 2.88. The van der Waals surface area contributed by atoms with Gasteiger partial charge in [0.05, 0.1) is 42.0 Å². The fourth-order valence-electron chi connectivity index (χ4n) is 4.91. The van der Waals surface area contributed by atoms with Gasteiger partial charge in [-0.05, 0) is 55.5 Å². The van der Waals surface area contributed by atoms with Crippen molar-refractivity contribution in [3.8, 4) is 39.1 Å². The predicted molar refractivity (Wildman–Crippen MR) is 159 cm³/mol. The largest absolute Gasteiger partial charge is 0.497 e. The summed E-state index contributed by atoms with van der Waals surface area (Å²) in [4.78, 5) is 28.6. The second-order valence-electron chi connectivity index (χ2n) is 10.4. The van der Waals surface area contributed by atoms with Crippen molar-refractivity contribution in [3.63, 3.8) is 0 Å². The van der Waals surface area contributed by atoms with Crippen LogP contribution in [-0.2, 0) is 11.2 Å². The van der Waals surface area contributed by atoms with Crippen LogP contribution in [0.5, 0.6) is 17.2 Å². The molecule has 1 amide bonds. The average molecular weight is 590 g/mol. The molecule has 1 aliphatic carbocycles. The number of nitrogens with zero attached hydrogens (tertiary/aromatic N) is 4. The number of anilines is 2. The molecule has 0 unspecified atom stereocenters. The van der Waals surface area contributed by atoms with E-state index < -0.39 is 5.82 Å². The third-order valence-electron chi connectivity index (χ3n) is 7.32. The molecule has 218 valence electrons. The van der Waals surface area contributed by atoms with Gasteiger partial charge >= 0.3 is 0 Å². The van der Waals surface area contributed by atoms with Gasteiger partial charge in [-0.1, -0.05) is 0 Å². The molecule has 42 heavy (non-hydrogen) atoms. The quantitative estimate of drug-likeness (QED) is 0.211. The molecular formula is C31H32FN5O4S. The molecule has 2 aliphatic rings. The van der Waals surface area contributed by atoms with Gasteiger partial charge in [-0.15, -0.1) is 11.3 Å². The third-order valence-corrected chi connectivity index (χ3v) is 8.42. The van der Waals surface area contributed by atoms with E-state index in [0.29, 0.717) is 47.7 Å². The van der Waals surface area contributed by atoms with Crippen LogP contribution in [0.1, 0.15) is 30.7 Å². The van der Waals surface area contributed by atoms with Crippen LogP contribution in [0.4, 0.5) is 16.0 Å². The fourth-order valence-corrected chi connectivity index (χ4v) is 6.08. The van der Waals surface area contributed by atoms with E-state index in [1.165, 1.54) is 18.9 Å². The van der Waals surface area contributed by atoms with Crippen molar-refractivity contribution in [2.75, 3.05) is 39.2 Å². The number of carbonyl (C=O) groups is 1. The maximum absolute atomic E-state index is 14.8. The summed E-state index contributed by atoms with van der Waals surface area (Å²) >= 11 is 1.63. The lowest BCUT2D eigenvalue weighted by Crippen LogP contribution is -2.29. The smallest absolute Gasteiger partial charge is 0.227 e. The first kappa shape index (κ1) is 27.9. The van der Waals surface area contributed by atoms with Gasteiger partial charge in [0.2, 0.25) is 11.9 Å². The summed E-state index contributed by atoms with van der Waals surface area (Å²) in [6.45, 7) is 1.41. The first-order valence-corrected chi connectivity index (χ1v) is 14.8. The van der Waals surface area contributed by atoms with E-state index in [0.717, 1.165) is 40.5 Å². The predicted octanol–water partition coefficient (Wildman–Crippen LogP) is 6.12. The van der Waals surface area contributed by atoms with E-state index in [2.05, 4.69) is 10.3 Å². The number of halogens is 1. The summed E-state index contributed by atoms with van der Waals surface area (Å²) in [6.07, 6.45) is 6.51. The first-order chi connectivity index (χ1) is 20.5. The van der Waals surface area contributed by atoms with Crippen molar-refractivity contribution < 1.29 is 23.4 Å². The molecule has 0 radical (unpaired) electrons. The molecule has 1 saturated carbocycles. The highest BCUT2D eigenvalue weighted by atomic mass is 32.1. The average Bonchev–Trinajstić information content (AvgIpc) is 3.57. The normalized spacial score (nSPS) is 14.7. The van der Waals surface area contributed by atoms with E-state index in [1.54, 1.807) is 48.8 Å². The molecule has 1 aliphatic heterocycles. The Hall–Kier alpha value is -4.25. The Bertz CT molecular complexity index is 1570. The molecule has 2 fully saturated rings. The number of hydrogen-bond donors (Lipinski definition) is 1. The summed E-state index contributed by atoms with van der Waals surface area (Å²) in [6, 6.07) is 12.2. The van der Waals surface area contributed by atoms with Crippen molar-refractivity contribution in [2.45, 2.75) is 32.1 Å². The lowest BCUT2D eigenvalue weighted by Gasteiger charge is -2.16. The highest BCUT2D eigenvalue weighted by molar-refractivity contribution is 7.15. The van der Waals surface area contributed by atoms with Crippen LogP contribution in [0.15, 0.2) is 48.7 Å². The van der Waals surface area contributed by atoms with E-state index in [-0.39, 0.29) is 18.3 Å². The summed E-state index contributed by atoms with van der Waals surface area (Å²) in [5.74, 6) is 2.11. The Morgan fingerprint density at radius 3 is 2.57 bits per heavy atom. The second-order valence-corrected chi connectivity index (χ2v) is 11.5. The number of thiazole rings is 1. The van der Waals surface area contributed by atoms with Crippen molar-refractivity contribution >= 4 is 28.9 Å². The number of nitrogens with one attached hydrogen (secondary N) is 1. The van der Waals surface area contributed by atoms with E-state index in [4.69, 9.17) is 24.2 Å². The number of aromatic nitrogens is 3. The molecule has 6 rings (SSSR count). The Balaban J connectivity index is 1.22. The molecule has 4 aromatic rings. The minimum atomic E-state index is -0.509. The molecule has 1 saturated heterocycles. The molecule has 1 N–H and O–H groups in total. The molecule has 0 atom stereocenters. The summed E-state index contributed by atoms with van der Waals surface area (Å²) in [5, 5.41) is 4.17. The molecule has 2 aromatic carbocycles. The van der Waals surface area contributed by atoms with Crippen LogP contribution < -0.4 is 19.5 Å². The van der Waals surface area contributed by atoms with Crippen molar-refractivity contribution in [1.29, 1.82) is 0 Å². The lowest BCUT2D eigenvalue weighted by atomic mass is 10.1. The molecule has 11 heteroatoms. The van der Waals surface area contributed by atoms with Crippen molar-refractivity contribution in [1.82, 2.24) is 19.9 Å². The van der Waals surface area contributed by atoms with Crippen LogP contribution in [0.25, 0.3) is 21.8 Å². The molecule has 2 aromatic heterocycles. The highest BCUT2D eigenvalue weighted by Crippen LogP contribution is 2.42. The van der Waals surface area contributed by atoms with Crippen LogP contribution >= 0.6 is 11.3 Å². The molecular weight excluding hydrogens is 557 g/mol. The van der Waals surface area contributed by atoms with Gasteiger partial charge in [-0.3, -0.25) is 4.79 Å². The summed E-state index contributed by atoms with van der Waals surface area (Å²) in [7, 11) is 3.25. The van der Waals surface area contributed by atoms with Crippen LogP contribution in [-0.4, -0.2) is 59.7 Å². The fraction of sp³-hybridized carbons (Fsp3) is 0.355. The molecule has 3 heterocycles. The zero-order chi connectivity index (χ0) is 29.1. The first-order valence-electron chi connectivity index (χ1n) is 14.0. The van der Waals surface area contributed by atoms with Gasteiger partial charge in [0.15, 0.2) is 11.6 Å². The van der Waals surface area contributed by atoms with E-state index in [9.17, 15) is 9.18 Å². The maximum Gasteiger partial charge on any atom is 0.227 e. The Labute approximate surface area is 247 Å². The minimum absolute atomic E-state index is 0.119. The second kappa shape index (κ2) is 12.3. The minimum Gasteiger partial charge on any atom is -0.497 e. The zero-order valence-electron chi connectivity index (χ0n) is 23.6. The van der Waals surface area contributed by atoms with Gasteiger partial charge < -0.3 is 24.4 Å². The number of ether oxygens (including phenoxy) is 3. The third kappa shape index (κ3) is 6.46. The van der Waals surface area contributed by atoms with Crippen molar-refractivity contribution in [2.24, 2.45) is 5.92 Å². The SMILES string of the molecule is COc1cc(OC)cc(-c2nc(CC3CC3)sc2-c2ccnc(Nc3ccc(OCCN4CCCC4=O)c(F)c3)n2)c1. The Kier molecular flexibility index (Phi) is 8.18. The number of hydrogen-bond acceptors (Lipinski definition) is 9. The number of carbonyl (C=O) groups excluding carboxylic acids is 1. The van der Waals surface area contributed by atoms with E-state index >= 15 is 0 Å². The van der Waals surface area contributed by atoms with Gasteiger partial charge in [0.25, 0.3) is 0 Å². The lowest BCUT2D eigenvalue weighted by molar-refractivity contribution is -0.128. The number of likely N-dealkylation sites (tertiary alicyclic amines) is 1. The number of rotatable bonds is 12. The van der Waals surface area contributed by atoms with Crippen LogP contribution in [0.2, 0.25) is 0 Å². The van der Waals surface area contributed by atoms with Gasteiger partial charge in [0.1, 0.15) is 18.1 Å². The summed E-state index contributed by atoms with van der Waals surface area (Å²) < 4.78 is 31.4. The van der Waals surface area contributed by atoms with Crippen LogP contribution in [0.3, 0.4) is 0 Å². The number of amides is 1. The van der Waals surface area contributed by atoms with Gasteiger partial charge in [0, 0.05) is 49.0 Å². The Morgan fingerprint density at radius 1 is 1.07 bits per heavy atom. The number of benzene rings is 2. The van der Waals surface area contributed by atoms with E-state index in [1.807, 2.05) is 24.3 Å². The monoisotopic (exact) mass is 589 g/mol. The zero-order valence-corrected chi connectivity index (χ0v) is 24.4. The molecule has 9 nitrogen and oxygen atoms in total. The number of methoxy groups -OCH3 is 2. The standard InChI is InChI=1S/C31H32FN5O4S/c1-39-22-15-20(16-23(18-22)40-2)29-30(42-27(36-29)14-19-5-6-19)25-9-10-33-31(35-25)34-21-7-8-26(24(32)17-21)41-13-12-37-11-3-4-28(37)38/h7-10,15-19H,3-6,11-14H2,1-2H3,(H,33,34,35). The highest BCUT2D eigenvalue weighted by Gasteiger charge is 2.26. The molecule has 0 bridgehead atoms. The van der Waals surface area contributed by atoms with Gasteiger partial charge in [-0.25, -0.2) is 19.3 Å². The maximum atomic E-state index is 14.8. The molecule has 0 spiro atoms. The van der Waals surface area contributed by atoms with Crippen LogP contribution in [0, 0.1) is 11.7 Å².